The second-order valence-corrected chi connectivity index (χ2v) is 9.68. The normalized spacial score (nSPS) is 23.9. The predicted molar refractivity (Wildman–Crippen MR) is 103 cm³/mol. The summed E-state index contributed by atoms with van der Waals surface area (Å²) in [6.45, 7) is 4.70. The number of aromatic nitrogens is 1. The molecule has 134 valence electrons. The zero-order valence-corrected chi connectivity index (χ0v) is 16.4. The van der Waals surface area contributed by atoms with Crippen LogP contribution in [-0.4, -0.2) is 32.4 Å². The van der Waals surface area contributed by atoms with E-state index in [-0.39, 0.29) is 12.0 Å². The third kappa shape index (κ3) is 4.37. The molecule has 0 amide bonds. The van der Waals surface area contributed by atoms with Gasteiger partial charge in [-0.05, 0) is 37.0 Å². The minimum atomic E-state index is -3.08. The van der Waals surface area contributed by atoms with Gasteiger partial charge in [0.25, 0.3) is 0 Å². The third-order valence-electron chi connectivity index (χ3n) is 4.61. The van der Waals surface area contributed by atoms with Crippen molar-refractivity contribution in [3.8, 4) is 0 Å². The van der Waals surface area contributed by atoms with E-state index in [4.69, 9.17) is 4.74 Å². The van der Waals surface area contributed by atoms with Gasteiger partial charge < -0.3 is 4.74 Å². The van der Waals surface area contributed by atoms with Gasteiger partial charge >= 0.3 is 0 Å². The Labute approximate surface area is 153 Å². The Morgan fingerprint density at radius 3 is 2.68 bits per heavy atom. The van der Waals surface area contributed by atoms with E-state index in [2.05, 4.69) is 29.4 Å². The summed E-state index contributed by atoms with van der Waals surface area (Å²) in [4.78, 5) is 5.09. The molecule has 0 bridgehead atoms. The van der Waals surface area contributed by atoms with Crippen LogP contribution in [0.4, 0.5) is 0 Å². The highest BCUT2D eigenvalue weighted by Crippen LogP contribution is 2.32. The van der Waals surface area contributed by atoms with Gasteiger partial charge in [0.2, 0.25) is 0 Å². The number of hydrogen-bond donors (Lipinski definition) is 0. The van der Waals surface area contributed by atoms with Crippen LogP contribution in [0.5, 0.6) is 0 Å². The van der Waals surface area contributed by atoms with Crippen molar-refractivity contribution in [1.82, 2.24) is 4.98 Å². The molecule has 1 aromatic rings. The Morgan fingerprint density at radius 2 is 2.08 bits per heavy atom. The minimum Gasteiger partial charge on any atom is -0.369 e. The fraction of sp³-hybridized carbons (Fsp3) is 0.421. The van der Waals surface area contributed by atoms with Crippen molar-refractivity contribution in [2.75, 3.05) is 12.9 Å². The van der Waals surface area contributed by atoms with E-state index in [0.29, 0.717) is 17.9 Å². The lowest BCUT2D eigenvalue weighted by atomic mass is 9.89. The van der Waals surface area contributed by atoms with Crippen LogP contribution >= 0.6 is 11.3 Å². The molecular weight excluding hydrogens is 354 g/mol. The zero-order valence-electron chi connectivity index (χ0n) is 14.7. The fourth-order valence-electron chi connectivity index (χ4n) is 3.07. The molecular formula is C19H23NO3S2. The van der Waals surface area contributed by atoms with Crippen LogP contribution in [0.15, 0.2) is 46.2 Å². The van der Waals surface area contributed by atoms with E-state index in [1.165, 1.54) is 11.8 Å². The molecule has 0 aromatic carbocycles. The first-order valence-corrected chi connectivity index (χ1v) is 11.1. The van der Waals surface area contributed by atoms with Crippen molar-refractivity contribution in [3.63, 3.8) is 0 Å². The Kier molecular flexibility index (Phi) is 5.41. The van der Waals surface area contributed by atoms with E-state index in [1.54, 1.807) is 17.4 Å². The Balaban J connectivity index is 1.63. The van der Waals surface area contributed by atoms with Gasteiger partial charge in [-0.2, -0.15) is 0 Å². The maximum atomic E-state index is 11.6. The quantitative estimate of drug-likeness (QED) is 0.776. The van der Waals surface area contributed by atoms with Crippen LogP contribution in [0.25, 0.3) is 5.57 Å². The number of thiazole rings is 1. The smallest absolute Gasteiger partial charge is 0.171 e. The number of aryl methyl sites for hydroxylation is 1. The van der Waals surface area contributed by atoms with Gasteiger partial charge in [-0.25, -0.2) is 13.4 Å². The van der Waals surface area contributed by atoms with Crippen LogP contribution in [0.1, 0.15) is 30.5 Å². The van der Waals surface area contributed by atoms with Gasteiger partial charge in [0.1, 0.15) is 0 Å². The summed E-state index contributed by atoms with van der Waals surface area (Å²) in [5, 5.41) is 3.16. The molecule has 4 nitrogen and oxygen atoms in total. The summed E-state index contributed by atoms with van der Waals surface area (Å²) in [6.07, 6.45) is 12.4. The first-order chi connectivity index (χ1) is 11.8. The lowest BCUT2D eigenvalue weighted by Crippen LogP contribution is -2.24. The van der Waals surface area contributed by atoms with Crippen LogP contribution in [-0.2, 0) is 14.6 Å². The van der Waals surface area contributed by atoms with E-state index < -0.39 is 9.84 Å². The molecule has 2 aliphatic rings. The molecule has 0 spiro atoms. The molecule has 0 fully saturated rings. The van der Waals surface area contributed by atoms with Crippen molar-refractivity contribution in [1.29, 1.82) is 0 Å². The van der Waals surface area contributed by atoms with E-state index in [1.807, 2.05) is 19.1 Å². The first-order valence-electron chi connectivity index (χ1n) is 8.36. The molecule has 1 heterocycles. The molecule has 6 heteroatoms. The van der Waals surface area contributed by atoms with Gasteiger partial charge in [0, 0.05) is 22.5 Å². The largest absolute Gasteiger partial charge is 0.369 e. The number of nitrogens with zero attached hydrogens (tertiary/aromatic N) is 1. The SMILES string of the molecule is Cc1nc(C2=CC=CC(OCC3=CC=C(S(C)(=O)=O)CC3)C2C)cs1. The van der Waals surface area contributed by atoms with Gasteiger partial charge in [-0.1, -0.05) is 31.2 Å². The standard InChI is InChI=1S/C19H23NO3S2/c1-13-17(18-12-24-14(2)20-18)5-4-6-19(13)23-11-15-7-9-16(10-8-15)25(3,21)22/h4-7,9,12-13,19H,8,10-11H2,1-3H3. The van der Waals surface area contributed by atoms with Crippen LogP contribution in [0, 0.1) is 12.8 Å². The summed E-state index contributed by atoms with van der Waals surface area (Å²) >= 11 is 1.66. The van der Waals surface area contributed by atoms with Gasteiger partial charge in [0.15, 0.2) is 9.84 Å². The van der Waals surface area contributed by atoms with Crippen LogP contribution in [0.3, 0.4) is 0 Å². The van der Waals surface area contributed by atoms with Gasteiger partial charge in [-0.3, -0.25) is 0 Å². The average Bonchev–Trinajstić information content (AvgIpc) is 3.00. The Morgan fingerprint density at radius 1 is 1.28 bits per heavy atom. The molecule has 0 N–H and O–H groups in total. The van der Waals surface area contributed by atoms with E-state index in [0.717, 1.165) is 22.7 Å². The Bertz CT molecular complexity index is 872. The second kappa shape index (κ2) is 7.40. The third-order valence-corrected chi connectivity index (χ3v) is 6.68. The molecule has 2 unspecified atom stereocenters. The van der Waals surface area contributed by atoms with Crippen molar-refractivity contribution < 1.29 is 13.2 Å². The summed E-state index contributed by atoms with van der Waals surface area (Å²) < 4.78 is 29.2. The monoisotopic (exact) mass is 377 g/mol. The topological polar surface area (TPSA) is 56.3 Å². The summed E-state index contributed by atoms with van der Waals surface area (Å²) in [7, 11) is -3.08. The first kappa shape index (κ1) is 18.3. The molecule has 0 saturated carbocycles. The highest BCUT2D eigenvalue weighted by atomic mass is 32.2. The number of rotatable bonds is 5. The summed E-state index contributed by atoms with van der Waals surface area (Å²) in [5.74, 6) is 0.234. The van der Waals surface area contributed by atoms with Crippen molar-refractivity contribution in [3.05, 3.63) is 56.9 Å². The predicted octanol–water partition coefficient (Wildman–Crippen LogP) is 4.07. The van der Waals surface area contributed by atoms with Crippen molar-refractivity contribution in [2.45, 2.75) is 32.8 Å². The number of allylic oxidation sites excluding steroid dienone is 5. The molecule has 0 aliphatic heterocycles. The molecule has 3 rings (SSSR count). The molecule has 2 aliphatic carbocycles. The van der Waals surface area contributed by atoms with E-state index >= 15 is 0 Å². The van der Waals surface area contributed by atoms with Gasteiger partial charge in [0.05, 0.1) is 23.4 Å². The average molecular weight is 378 g/mol. The fourth-order valence-corrected chi connectivity index (χ4v) is 4.48. The van der Waals surface area contributed by atoms with E-state index in [9.17, 15) is 8.42 Å². The maximum absolute atomic E-state index is 11.6. The highest BCUT2D eigenvalue weighted by molar-refractivity contribution is 7.94. The van der Waals surface area contributed by atoms with Crippen LogP contribution < -0.4 is 0 Å². The lowest BCUT2D eigenvalue weighted by molar-refractivity contribution is 0.0797. The summed E-state index contributed by atoms with van der Waals surface area (Å²) in [6, 6.07) is 0. The van der Waals surface area contributed by atoms with Crippen molar-refractivity contribution >= 4 is 26.7 Å². The van der Waals surface area contributed by atoms with Gasteiger partial charge in [-0.15, -0.1) is 11.3 Å². The number of sulfone groups is 1. The number of ether oxygens (including phenoxy) is 1. The molecule has 25 heavy (non-hydrogen) atoms. The lowest BCUT2D eigenvalue weighted by Gasteiger charge is -2.26. The molecule has 0 radical (unpaired) electrons. The number of hydrogen-bond acceptors (Lipinski definition) is 5. The maximum Gasteiger partial charge on any atom is 0.171 e. The van der Waals surface area contributed by atoms with Crippen molar-refractivity contribution in [2.24, 2.45) is 5.92 Å². The zero-order chi connectivity index (χ0) is 18.0. The highest BCUT2D eigenvalue weighted by Gasteiger charge is 2.25. The second-order valence-electron chi connectivity index (χ2n) is 6.55. The van der Waals surface area contributed by atoms with Crippen LogP contribution in [0.2, 0.25) is 0 Å². The molecule has 1 aromatic heterocycles. The summed E-state index contributed by atoms with van der Waals surface area (Å²) in [5.41, 5.74) is 3.37. The Hall–Kier alpha value is -1.50. The molecule has 2 atom stereocenters. The minimum absolute atomic E-state index is 0.00295. The molecule has 0 saturated heterocycles.